The summed E-state index contributed by atoms with van der Waals surface area (Å²) in [4.78, 5) is 30.8. The molecule has 0 saturated carbocycles. The smallest absolute Gasteiger partial charge is 0.306 e. The predicted molar refractivity (Wildman–Crippen MR) is 137 cm³/mol. The topological polar surface area (TPSA) is 61.2 Å². The minimum atomic E-state index is -0.552. The van der Waals surface area contributed by atoms with Crippen molar-refractivity contribution in [2.45, 2.75) is 86.2 Å². The Morgan fingerprint density at radius 1 is 1.12 bits per heavy atom. The number of benzene rings is 1. The van der Waals surface area contributed by atoms with E-state index in [0.717, 1.165) is 41.7 Å². The van der Waals surface area contributed by atoms with Crippen molar-refractivity contribution in [1.82, 2.24) is 9.55 Å². The summed E-state index contributed by atoms with van der Waals surface area (Å²) >= 11 is 0. The molecule has 1 aromatic heterocycles. The zero-order chi connectivity index (χ0) is 25.0. The van der Waals surface area contributed by atoms with Gasteiger partial charge in [-0.1, -0.05) is 59.3 Å². The second kappa shape index (κ2) is 10.9. The number of allylic oxidation sites excluding steroid dienone is 1. The summed E-state index contributed by atoms with van der Waals surface area (Å²) in [7, 11) is 2.00. The average molecular weight is 467 g/mol. The second-order valence-corrected chi connectivity index (χ2v) is 11.0. The Morgan fingerprint density at radius 2 is 1.85 bits per heavy atom. The van der Waals surface area contributed by atoms with E-state index in [4.69, 9.17) is 4.74 Å². The summed E-state index contributed by atoms with van der Waals surface area (Å²) in [6.07, 6.45) is 8.54. The summed E-state index contributed by atoms with van der Waals surface area (Å²) in [6, 6.07) is 6.11. The van der Waals surface area contributed by atoms with E-state index in [1.54, 1.807) is 0 Å². The number of ketones is 1. The van der Waals surface area contributed by atoms with E-state index in [-0.39, 0.29) is 30.2 Å². The lowest BCUT2D eigenvalue weighted by Crippen LogP contribution is -2.35. The number of hydrogen-bond acceptors (Lipinski definition) is 4. The monoisotopic (exact) mass is 466 g/mol. The molecular weight excluding hydrogens is 424 g/mol. The zero-order valence-corrected chi connectivity index (χ0v) is 22.1. The van der Waals surface area contributed by atoms with Crippen molar-refractivity contribution in [2.75, 3.05) is 0 Å². The molecule has 0 amide bonds. The van der Waals surface area contributed by atoms with Gasteiger partial charge >= 0.3 is 5.97 Å². The third-order valence-electron chi connectivity index (χ3n) is 8.04. The lowest BCUT2D eigenvalue weighted by Gasteiger charge is -2.32. The highest BCUT2D eigenvalue weighted by molar-refractivity contribution is 5.86. The van der Waals surface area contributed by atoms with Gasteiger partial charge in [-0.15, -0.1) is 0 Å². The first-order valence-electron chi connectivity index (χ1n) is 12.8. The fraction of sp³-hybridized carbons (Fsp3) is 0.621. The number of carbonyl (C=O) groups excluding carboxylic acids is 2. The number of nitrogens with zero attached hydrogens (tertiary/aromatic N) is 2. The minimum absolute atomic E-state index is 0.0224. The maximum absolute atomic E-state index is 13.3. The molecule has 0 bridgehead atoms. The molecule has 0 N–H and O–H groups in total. The van der Waals surface area contributed by atoms with Crippen LogP contribution in [-0.2, 0) is 21.4 Å². The molecular formula is C29H42N2O3. The molecule has 0 spiro atoms. The number of imidazole rings is 1. The minimum Gasteiger partial charge on any atom is -0.457 e. The van der Waals surface area contributed by atoms with Crippen molar-refractivity contribution in [1.29, 1.82) is 0 Å². The SMILES string of the molecule is Cc1nc2cc([C@@H]3C/C=C\CCC[C@H](C)[C@H](C)[C@@H](C)C(=O)C(C)(C)CCC(=O)O3)ccc2n1C. The molecule has 5 heteroatoms. The van der Waals surface area contributed by atoms with Crippen LogP contribution in [-0.4, -0.2) is 21.3 Å². The van der Waals surface area contributed by atoms with Crippen LogP contribution in [0.2, 0.25) is 0 Å². The van der Waals surface area contributed by atoms with E-state index in [0.29, 0.717) is 24.7 Å². The van der Waals surface area contributed by atoms with E-state index in [1.807, 2.05) is 46.0 Å². The first-order chi connectivity index (χ1) is 16.0. The third kappa shape index (κ3) is 5.97. The predicted octanol–water partition coefficient (Wildman–Crippen LogP) is 6.88. The van der Waals surface area contributed by atoms with Crippen molar-refractivity contribution >= 4 is 22.8 Å². The highest BCUT2D eigenvalue weighted by Crippen LogP contribution is 2.35. The molecule has 2 aromatic rings. The Bertz CT molecular complexity index is 1050. The molecule has 1 aliphatic heterocycles. The highest BCUT2D eigenvalue weighted by Gasteiger charge is 2.35. The summed E-state index contributed by atoms with van der Waals surface area (Å²) in [6.45, 7) is 12.4. The van der Waals surface area contributed by atoms with Gasteiger partial charge in [-0.3, -0.25) is 9.59 Å². The van der Waals surface area contributed by atoms with Gasteiger partial charge in [-0.2, -0.15) is 0 Å². The number of Topliss-reactive ketones (excluding diaryl/α,β-unsaturated/α-hetero) is 1. The fourth-order valence-electron chi connectivity index (χ4n) is 5.05. The van der Waals surface area contributed by atoms with Crippen LogP contribution in [0, 0.1) is 30.1 Å². The Labute approximate surface area is 205 Å². The van der Waals surface area contributed by atoms with Gasteiger partial charge in [0.15, 0.2) is 0 Å². The number of rotatable bonds is 1. The van der Waals surface area contributed by atoms with Crippen molar-refractivity contribution < 1.29 is 14.3 Å². The summed E-state index contributed by atoms with van der Waals surface area (Å²) in [5.41, 5.74) is 2.38. The highest BCUT2D eigenvalue weighted by atomic mass is 16.5. The van der Waals surface area contributed by atoms with Crippen LogP contribution in [0.25, 0.3) is 11.0 Å². The van der Waals surface area contributed by atoms with Crippen LogP contribution in [0.4, 0.5) is 0 Å². The number of carbonyl (C=O) groups is 2. The first-order valence-corrected chi connectivity index (χ1v) is 12.8. The summed E-state index contributed by atoms with van der Waals surface area (Å²) in [5.74, 6) is 1.74. The zero-order valence-electron chi connectivity index (χ0n) is 22.1. The van der Waals surface area contributed by atoms with E-state index < -0.39 is 5.41 Å². The molecule has 0 radical (unpaired) electrons. The molecule has 2 heterocycles. The lowest BCUT2D eigenvalue weighted by molar-refractivity contribution is -0.150. The van der Waals surface area contributed by atoms with Gasteiger partial charge < -0.3 is 9.30 Å². The summed E-state index contributed by atoms with van der Waals surface area (Å²) < 4.78 is 8.04. The van der Waals surface area contributed by atoms with Gasteiger partial charge in [-0.25, -0.2) is 4.98 Å². The molecule has 1 aliphatic rings. The average Bonchev–Trinajstić information content (AvgIpc) is 3.09. The number of aromatic nitrogens is 2. The van der Waals surface area contributed by atoms with Crippen LogP contribution in [0.1, 0.15) is 90.6 Å². The third-order valence-corrected chi connectivity index (χ3v) is 8.04. The molecule has 4 atom stereocenters. The van der Waals surface area contributed by atoms with E-state index >= 15 is 0 Å². The van der Waals surface area contributed by atoms with Gasteiger partial charge in [0.2, 0.25) is 0 Å². The molecule has 34 heavy (non-hydrogen) atoms. The van der Waals surface area contributed by atoms with E-state index in [2.05, 4.69) is 42.5 Å². The van der Waals surface area contributed by atoms with Crippen molar-refractivity contribution in [3.63, 3.8) is 0 Å². The standard InChI is InChI=1S/C29H42N2O3/c1-19-12-10-8-9-11-13-26(23-14-15-25-24(18-23)30-22(4)31(25)7)34-27(32)16-17-29(5,6)28(33)21(3)20(19)2/h9,11,14-15,18-21,26H,8,10,12-13,16-17H2,1-7H3/b11-9-/t19-,20-,21+,26-/m0/s1. The van der Waals surface area contributed by atoms with Gasteiger partial charge in [0.05, 0.1) is 11.0 Å². The molecule has 0 aliphatic carbocycles. The van der Waals surface area contributed by atoms with Crippen molar-refractivity contribution in [3.05, 3.63) is 41.7 Å². The largest absolute Gasteiger partial charge is 0.457 e. The molecule has 5 nitrogen and oxygen atoms in total. The summed E-state index contributed by atoms with van der Waals surface area (Å²) in [5, 5.41) is 0. The normalized spacial score (nSPS) is 28.6. The number of esters is 1. The first kappa shape index (κ1) is 26.2. The molecule has 0 saturated heterocycles. The maximum atomic E-state index is 13.3. The van der Waals surface area contributed by atoms with Crippen LogP contribution in [0.5, 0.6) is 0 Å². The fourth-order valence-corrected chi connectivity index (χ4v) is 5.05. The van der Waals surface area contributed by atoms with E-state index in [1.165, 1.54) is 0 Å². The molecule has 186 valence electrons. The van der Waals surface area contributed by atoms with Crippen LogP contribution < -0.4 is 0 Å². The number of hydrogen-bond donors (Lipinski definition) is 0. The Morgan fingerprint density at radius 3 is 2.59 bits per heavy atom. The van der Waals surface area contributed by atoms with Gasteiger partial charge in [0, 0.05) is 31.2 Å². The Hall–Kier alpha value is -2.43. The number of aryl methyl sites for hydroxylation is 2. The van der Waals surface area contributed by atoms with Crippen molar-refractivity contribution in [3.8, 4) is 0 Å². The van der Waals surface area contributed by atoms with E-state index in [9.17, 15) is 9.59 Å². The Balaban J connectivity index is 1.84. The molecule has 3 rings (SSSR count). The van der Waals surface area contributed by atoms with Gasteiger partial charge in [0.25, 0.3) is 0 Å². The number of fused-ring (bicyclic) bond motifs is 1. The van der Waals surface area contributed by atoms with Crippen LogP contribution >= 0.6 is 0 Å². The van der Waals surface area contributed by atoms with Crippen molar-refractivity contribution in [2.24, 2.45) is 30.2 Å². The molecule has 0 fully saturated rings. The Kier molecular flexibility index (Phi) is 8.38. The number of cyclic esters (lactones) is 1. The molecule has 0 unspecified atom stereocenters. The van der Waals surface area contributed by atoms with Crippen LogP contribution in [0.15, 0.2) is 30.4 Å². The number of ether oxygens (including phenoxy) is 1. The quantitative estimate of drug-likeness (QED) is 0.339. The van der Waals surface area contributed by atoms with Crippen LogP contribution in [0.3, 0.4) is 0 Å². The maximum Gasteiger partial charge on any atom is 0.306 e. The lowest BCUT2D eigenvalue weighted by atomic mass is 9.71. The van der Waals surface area contributed by atoms with Gasteiger partial charge in [0.1, 0.15) is 17.7 Å². The second-order valence-electron chi connectivity index (χ2n) is 11.0. The van der Waals surface area contributed by atoms with Gasteiger partial charge in [-0.05, 0) is 55.7 Å². The molecule has 1 aromatic carbocycles.